The van der Waals surface area contributed by atoms with Crippen LogP contribution in [-0.2, 0) is 9.47 Å². The molecule has 0 aliphatic carbocycles. The van der Waals surface area contributed by atoms with Crippen molar-refractivity contribution in [3.8, 4) is 0 Å². The zero-order chi connectivity index (χ0) is 8.81. The van der Waals surface area contributed by atoms with Crippen molar-refractivity contribution in [1.82, 2.24) is 0 Å². The second-order valence-electron chi connectivity index (χ2n) is 3.33. The molecule has 1 rings (SSSR count). The van der Waals surface area contributed by atoms with E-state index in [9.17, 15) is 0 Å². The first kappa shape index (κ1) is 9.59. The maximum atomic E-state index is 5.52. The van der Waals surface area contributed by atoms with Crippen molar-refractivity contribution in [2.75, 3.05) is 6.61 Å². The lowest BCUT2D eigenvalue weighted by Gasteiger charge is -2.23. The van der Waals surface area contributed by atoms with Crippen LogP contribution in [0.25, 0.3) is 0 Å². The number of allylic oxidation sites excluding steroid dienone is 1. The zero-order valence-electron chi connectivity index (χ0n) is 7.95. The molecule has 70 valence electrons. The molecule has 0 aromatic rings. The number of unbranched alkanes of at least 4 members (excludes halogenated alkanes) is 1. The highest BCUT2D eigenvalue weighted by atomic mass is 16.7. The lowest BCUT2D eigenvalue weighted by atomic mass is 10.1. The van der Waals surface area contributed by atoms with Gasteiger partial charge in [-0.15, -0.1) is 0 Å². The van der Waals surface area contributed by atoms with E-state index in [1.165, 1.54) is 6.42 Å². The molecular weight excluding hydrogens is 152 g/mol. The third kappa shape index (κ3) is 3.26. The summed E-state index contributed by atoms with van der Waals surface area (Å²) in [6.07, 6.45) is 7.11. The average Bonchev–Trinajstić information content (AvgIpc) is 2.05. The van der Waals surface area contributed by atoms with Gasteiger partial charge in [0.25, 0.3) is 0 Å². The molecule has 0 bridgehead atoms. The standard InChI is InChI=1S/C10H18O2/c1-3-4-6-11-10-8-9(2)5-7-12-10/h5,7,9-10H,3-4,6,8H2,1-2H3/t9-,10+/m0/s1. The Morgan fingerprint density at radius 2 is 2.42 bits per heavy atom. The average molecular weight is 170 g/mol. The predicted octanol–water partition coefficient (Wildman–Crippen LogP) is 2.70. The molecule has 0 fully saturated rings. The third-order valence-corrected chi connectivity index (χ3v) is 2.00. The Morgan fingerprint density at radius 3 is 3.08 bits per heavy atom. The summed E-state index contributed by atoms with van der Waals surface area (Å²) < 4.78 is 10.8. The van der Waals surface area contributed by atoms with Gasteiger partial charge >= 0.3 is 0 Å². The molecule has 1 heterocycles. The van der Waals surface area contributed by atoms with Crippen LogP contribution >= 0.6 is 0 Å². The maximum absolute atomic E-state index is 5.52. The summed E-state index contributed by atoms with van der Waals surface area (Å²) in [5.41, 5.74) is 0. The van der Waals surface area contributed by atoms with Crippen molar-refractivity contribution >= 4 is 0 Å². The van der Waals surface area contributed by atoms with Gasteiger partial charge in [0.2, 0.25) is 0 Å². The van der Waals surface area contributed by atoms with E-state index in [-0.39, 0.29) is 6.29 Å². The summed E-state index contributed by atoms with van der Waals surface area (Å²) in [6, 6.07) is 0. The van der Waals surface area contributed by atoms with E-state index in [1.807, 2.05) is 0 Å². The summed E-state index contributed by atoms with van der Waals surface area (Å²) in [7, 11) is 0. The lowest BCUT2D eigenvalue weighted by molar-refractivity contribution is -0.122. The summed E-state index contributed by atoms with van der Waals surface area (Å²) in [5.74, 6) is 0.588. The fourth-order valence-corrected chi connectivity index (χ4v) is 1.17. The summed E-state index contributed by atoms with van der Waals surface area (Å²) in [5, 5.41) is 0. The minimum absolute atomic E-state index is 0.00319. The Labute approximate surface area is 74.6 Å². The fourth-order valence-electron chi connectivity index (χ4n) is 1.17. The first-order chi connectivity index (χ1) is 5.83. The van der Waals surface area contributed by atoms with Gasteiger partial charge in [-0.1, -0.05) is 20.3 Å². The second kappa shape index (κ2) is 5.20. The Bertz CT molecular complexity index is 143. The quantitative estimate of drug-likeness (QED) is 0.604. The van der Waals surface area contributed by atoms with E-state index >= 15 is 0 Å². The summed E-state index contributed by atoms with van der Waals surface area (Å²) in [6.45, 7) is 5.16. The first-order valence-corrected chi connectivity index (χ1v) is 4.76. The Hall–Kier alpha value is -0.500. The van der Waals surface area contributed by atoms with Crippen LogP contribution in [0.15, 0.2) is 12.3 Å². The van der Waals surface area contributed by atoms with Crippen molar-refractivity contribution in [3.05, 3.63) is 12.3 Å². The van der Waals surface area contributed by atoms with Crippen LogP contribution in [0.3, 0.4) is 0 Å². The summed E-state index contributed by atoms with van der Waals surface area (Å²) >= 11 is 0. The molecule has 1 aliphatic rings. The van der Waals surface area contributed by atoms with Gasteiger partial charge in [0.1, 0.15) is 0 Å². The highest BCUT2D eigenvalue weighted by molar-refractivity contribution is 4.85. The molecule has 1 aliphatic heterocycles. The smallest absolute Gasteiger partial charge is 0.199 e. The largest absolute Gasteiger partial charge is 0.473 e. The van der Waals surface area contributed by atoms with Crippen LogP contribution in [0.2, 0.25) is 0 Å². The topological polar surface area (TPSA) is 18.5 Å². The van der Waals surface area contributed by atoms with Gasteiger partial charge in [-0.05, 0) is 18.4 Å². The number of hydrogen-bond donors (Lipinski definition) is 0. The molecule has 0 aromatic heterocycles. The highest BCUT2D eigenvalue weighted by Crippen LogP contribution is 2.17. The van der Waals surface area contributed by atoms with Crippen molar-refractivity contribution in [2.24, 2.45) is 5.92 Å². The molecule has 0 aromatic carbocycles. The Balaban J connectivity index is 2.12. The van der Waals surface area contributed by atoms with Gasteiger partial charge in [0.05, 0.1) is 12.9 Å². The van der Waals surface area contributed by atoms with Crippen LogP contribution in [0.5, 0.6) is 0 Å². The molecule has 2 nitrogen and oxygen atoms in total. The molecule has 0 unspecified atom stereocenters. The molecule has 12 heavy (non-hydrogen) atoms. The minimum Gasteiger partial charge on any atom is -0.473 e. The number of rotatable bonds is 4. The van der Waals surface area contributed by atoms with Crippen LogP contribution in [0, 0.1) is 5.92 Å². The highest BCUT2D eigenvalue weighted by Gasteiger charge is 2.15. The second-order valence-corrected chi connectivity index (χ2v) is 3.33. The lowest BCUT2D eigenvalue weighted by Crippen LogP contribution is -2.21. The molecule has 0 spiro atoms. The van der Waals surface area contributed by atoms with Crippen molar-refractivity contribution in [3.63, 3.8) is 0 Å². The molecule has 0 saturated carbocycles. The molecule has 2 atom stereocenters. The van der Waals surface area contributed by atoms with Gasteiger partial charge in [0, 0.05) is 6.42 Å². The van der Waals surface area contributed by atoms with Crippen LogP contribution < -0.4 is 0 Å². The Kier molecular flexibility index (Phi) is 4.15. The first-order valence-electron chi connectivity index (χ1n) is 4.76. The van der Waals surface area contributed by atoms with E-state index < -0.39 is 0 Å². The SMILES string of the molecule is CCCCO[C@H]1C[C@@H](C)C=CO1. The van der Waals surface area contributed by atoms with Crippen LogP contribution in [0.4, 0.5) is 0 Å². The van der Waals surface area contributed by atoms with Crippen LogP contribution in [0.1, 0.15) is 33.1 Å². The monoisotopic (exact) mass is 170 g/mol. The summed E-state index contributed by atoms with van der Waals surface area (Å²) in [4.78, 5) is 0. The number of hydrogen-bond acceptors (Lipinski definition) is 2. The fraction of sp³-hybridized carbons (Fsp3) is 0.800. The molecule has 0 saturated heterocycles. The maximum Gasteiger partial charge on any atom is 0.199 e. The van der Waals surface area contributed by atoms with Gasteiger partial charge < -0.3 is 9.47 Å². The molecule has 2 heteroatoms. The van der Waals surface area contributed by atoms with E-state index in [4.69, 9.17) is 9.47 Å². The molecule has 0 radical (unpaired) electrons. The normalized spacial score (nSPS) is 28.5. The van der Waals surface area contributed by atoms with Gasteiger partial charge in [-0.25, -0.2) is 0 Å². The van der Waals surface area contributed by atoms with Gasteiger partial charge in [-0.2, -0.15) is 0 Å². The minimum atomic E-state index is -0.00319. The van der Waals surface area contributed by atoms with Crippen LogP contribution in [-0.4, -0.2) is 12.9 Å². The van der Waals surface area contributed by atoms with Gasteiger partial charge in [-0.3, -0.25) is 0 Å². The third-order valence-electron chi connectivity index (χ3n) is 2.00. The Morgan fingerprint density at radius 1 is 1.58 bits per heavy atom. The molecule has 0 N–H and O–H groups in total. The predicted molar refractivity (Wildman–Crippen MR) is 48.7 cm³/mol. The van der Waals surface area contributed by atoms with E-state index in [2.05, 4.69) is 19.9 Å². The van der Waals surface area contributed by atoms with Crippen molar-refractivity contribution in [2.45, 2.75) is 39.4 Å². The van der Waals surface area contributed by atoms with Crippen molar-refractivity contribution < 1.29 is 9.47 Å². The molecule has 0 amide bonds. The van der Waals surface area contributed by atoms with Gasteiger partial charge in [0.15, 0.2) is 6.29 Å². The van der Waals surface area contributed by atoms with E-state index in [0.717, 1.165) is 19.4 Å². The van der Waals surface area contributed by atoms with Crippen molar-refractivity contribution in [1.29, 1.82) is 0 Å². The zero-order valence-corrected chi connectivity index (χ0v) is 7.95. The molecular formula is C10H18O2. The number of ether oxygens (including phenoxy) is 2. The van der Waals surface area contributed by atoms with E-state index in [0.29, 0.717) is 5.92 Å². The van der Waals surface area contributed by atoms with E-state index in [1.54, 1.807) is 6.26 Å².